The smallest absolute Gasteiger partial charge is 0.137 e. The summed E-state index contributed by atoms with van der Waals surface area (Å²) < 4.78 is 14.3. The third-order valence-corrected chi connectivity index (χ3v) is 3.52. The number of hydrogen-bond acceptors (Lipinski definition) is 1. The van der Waals surface area contributed by atoms with E-state index < -0.39 is 6.10 Å². The molecule has 2 rings (SSSR count). The molecule has 1 nitrogen and oxygen atoms in total. The van der Waals surface area contributed by atoms with Crippen molar-refractivity contribution in [3.05, 3.63) is 68.4 Å². The van der Waals surface area contributed by atoms with Crippen molar-refractivity contribution >= 4 is 31.9 Å². The zero-order valence-corrected chi connectivity index (χ0v) is 11.9. The zero-order valence-electron chi connectivity index (χ0n) is 8.70. The van der Waals surface area contributed by atoms with Crippen LogP contribution < -0.4 is 0 Å². The summed E-state index contributed by atoms with van der Waals surface area (Å²) in [4.78, 5) is 0. The van der Waals surface area contributed by atoms with E-state index in [0.717, 1.165) is 10.0 Å². The molecule has 2 aromatic rings. The summed E-state index contributed by atoms with van der Waals surface area (Å²) in [5, 5.41) is 10.2. The highest BCUT2D eigenvalue weighted by Gasteiger charge is 2.12. The number of benzene rings is 2. The highest BCUT2D eigenvalue weighted by molar-refractivity contribution is 9.10. The average Bonchev–Trinajstić information content (AvgIpc) is 2.32. The lowest BCUT2D eigenvalue weighted by Crippen LogP contribution is -2.00. The van der Waals surface area contributed by atoms with Gasteiger partial charge in [0.15, 0.2) is 0 Å². The van der Waals surface area contributed by atoms with Crippen molar-refractivity contribution in [1.29, 1.82) is 0 Å². The van der Waals surface area contributed by atoms with E-state index in [9.17, 15) is 9.50 Å². The SMILES string of the molecule is OC(c1cccc(Br)c1)c1ccc(F)c(Br)c1. The number of aliphatic hydroxyl groups excluding tert-OH is 1. The molecule has 0 amide bonds. The highest BCUT2D eigenvalue weighted by atomic mass is 79.9. The van der Waals surface area contributed by atoms with Crippen LogP contribution in [-0.2, 0) is 0 Å². The van der Waals surface area contributed by atoms with Crippen LogP contribution in [0.3, 0.4) is 0 Å². The van der Waals surface area contributed by atoms with Crippen LogP contribution in [0.2, 0.25) is 0 Å². The summed E-state index contributed by atoms with van der Waals surface area (Å²) in [6.07, 6.45) is -0.760. The second-order valence-corrected chi connectivity index (χ2v) is 5.40. The third kappa shape index (κ3) is 2.94. The van der Waals surface area contributed by atoms with Gasteiger partial charge in [-0.3, -0.25) is 0 Å². The normalized spacial score (nSPS) is 12.5. The van der Waals surface area contributed by atoms with Gasteiger partial charge in [-0.15, -0.1) is 0 Å². The number of rotatable bonds is 2. The molecule has 0 bridgehead atoms. The predicted molar refractivity (Wildman–Crippen MR) is 72.3 cm³/mol. The van der Waals surface area contributed by atoms with E-state index in [4.69, 9.17) is 0 Å². The van der Waals surface area contributed by atoms with Crippen LogP contribution in [-0.4, -0.2) is 5.11 Å². The molecule has 17 heavy (non-hydrogen) atoms. The van der Waals surface area contributed by atoms with E-state index in [1.165, 1.54) is 6.07 Å². The van der Waals surface area contributed by atoms with Gasteiger partial charge in [0, 0.05) is 4.47 Å². The molecule has 88 valence electrons. The van der Waals surface area contributed by atoms with Crippen LogP contribution in [0.15, 0.2) is 51.4 Å². The fourth-order valence-corrected chi connectivity index (χ4v) is 2.37. The van der Waals surface area contributed by atoms with Crippen molar-refractivity contribution in [3.63, 3.8) is 0 Å². The van der Waals surface area contributed by atoms with Crippen LogP contribution in [0.4, 0.5) is 4.39 Å². The summed E-state index contributed by atoms with van der Waals surface area (Å²) >= 11 is 6.45. The van der Waals surface area contributed by atoms with E-state index in [2.05, 4.69) is 31.9 Å². The average molecular weight is 360 g/mol. The molecule has 0 aliphatic heterocycles. The minimum atomic E-state index is -0.760. The Hall–Kier alpha value is -0.710. The van der Waals surface area contributed by atoms with Crippen molar-refractivity contribution in [1.82, 2.24) is 0 Å². The van der Waals surface area contributed by atoms with Crippen molar-refractivity contribution in [3.8, 4) is 0 Å². The van der Waals surface area contributed by atoms with E-state index in [1.807, 2.05) is 24.3 Å². The van der Waals surface area contributed by atoms with Gasteiger partial charge in [0.25, 0.3) is 0 Å². The van der Waals surface area contributed by atoms with Gasteiger partial charge in [-0.2, -0.15) is 0 Å². The van der Waals surface area contributed by atoms with E-state index in [-0.39, 0.29) is 5.82 Å². The molecular formula is C13H9Br2FO. The van der Waals surface area contributed by atoms with Crippen molar-refractivity contribution in [2.24, 2.45) is 0 Å². The van der Waals surface area contributed by atoms with Gasteiger partial charge < -0.3 is 5.11 Å². The molecule has 1 N–H and O–H groups in total. The Morgan fingerprint density at radius 2 is 1.71 bits per heavy atom. The molecule has 0 spiro atoms. The Balaban J connectivity index is 2.36. The Kier molecular flexibility index (Phi) is 3.97. The standard InChI is InChI=1S/C13H9Br2FO/c14-10-3-1-2-8(6-10)13(17)9-4-5-12(16)11(15)7-9/h1-7,13,17H. The molecule has 4 heteroatoms. The van der Waals surface area contributed by atoms with Crippen LogP contribution in [0.1, 0.15) is 17.2 Å². The van der Waals surface area contributed by atoms with Gasteiger partial charge in [-0.1, -0.05) is 34.1 Å². The van der Waals surface area contributed by atoms with Gasteiger partial charge in [-0.25, -0.2) is 4.39 Å². The third-order valence-electron chi connectivity index (χ3n) is 2.42. The summed E-state index contributed by atoms with van der Waals surface area (Å²) in [5.74, 6) is -0.338. The molecule has 0 saturated carbocycles. The fraction of sp³-hybridized carbons (Fsp3) is 0.0769. The molecule has 0 fully saturated rings. The van der Waals surface area contributed by atoms with Crippen molar-refractivity contribution in [2.45, 2.75) is 6.10 Å². The lowest BCUT2D eigenvalue weighted by molar-refractivity contribution is 0.220. The topological polar surface area (TPSA) is 20.2 Å². The zero-order chi connectivity index (χ0) is 12.4. The molecule has 0 aliphatic rings. The highest BCUT2D eigenvalue weighted by Crippen LogP contribution is 2.27. The largest absolute Gasteiger partial charge is 0.384 e. The molecule has 0 heterocycles. The Bertz CT molecular complexity index is 543. The minimum Gasteiger partial charge on any atom is -0.384 e. The quantitative estimate of drug-likeness (QED) is 0.840. The monoisotopic (exact) mass is 358 g/mol. The van der Waals surface area contributed by atoms with Gasteiger partial charge in [0.1, 0.15) is 11.9 Å². The maximum absolute atomic E-state index is 13.1. The Morgan fingerprint density at radius 1 is 1.00 bits per heavy atom. The first-order chi connectivity index (χ1) is 8.08. The lowest BCUT2D eigenvalue weighted by Gasteiger charge is -2.12. The van der Waals surface area contributed by atoms with Crippen LogP contribution in [0, 0.1) is 5.82 Å². The Labute approximate surface area is 116 Å². The van der Waals surface area contributed by atoms with Crippen LogP contribution in [0.25, 0.3) is 0 Å². The maximum Gasteiger partial charge on any atom is 0.137 e. The fourth-order valence-electron chi connectivity index (χ4n) is 1.55. The van der Waals surface area contributed by atoms with Crippen molar-refractivity contribution < 1.29 is 9.50 Å². The number of hydrogen-bond donors (Lipinski definition) is 1. The van der Waals surface area contributed by atoms with Gasteiger partial charge in [-0.05, 0) is 51.3 Å². The van der Waals surface area contributed by atoms with Gasteiger partial charge in [0.2, 0.25) is 0 Å². The second-order valence-electron chi connectivity index (χ2n) is 3.63. The first-order valence-corrected chi connectivity index (χ1v) is 6.55. The van der Waals surface area contributed by atoms with E-state index >= 15 is 0 Å². The molecule has 0 saturated heterocycles. The van der Waals surface area contributed by atoms with Crippen LogP contribution in [0.5, 0.6) is 0 Å². The van der Waals surface area contributed by atoms with Gasteiger partial charge in [0.05, 0.1) is 4.47 Å². The first kappa shape index (κ1) is 12.7. The first-order valence-electron chi connectivity index (χ1n) is 4.96. The molecule has 1 atom stereocenters. The number of halogens is 3. The van der Waals surface area contributed by atoms with Crippen LogP contribution >= 0.6 is 31.9 Å². The maximum atomic E-state index is 13.1. The van der Waals surface area contributed by atoms with Crippen molar-refractivity contribution in [2.75, 3.05) is 0 Å². The lowest BCUT2D eigenvalue weighted by atomic mass is 10.0. The number of aliphatic hydroxyl groups is 1. The molecule has 2 aromatic carbocycles. The van der Waals surface area contributed by atoms with Gasteiger partial charge >= 0.3 is 0 Å². The minimum absolute atomic E-state index is 0.338. The second kappa shape index (κ2) is 5.29. The molecule has 0 aromatic heterocycles. The summed E-state index contributed by atoms with van der Waals surface area (Å²) in [5.41, 5.74) is 1.41. The predicted octanol–water partition coefficient (Wildman–Crippen LogP) is 4.43. The Morgan fingerprint density at radius 3 is 2.35 bits per heavy atom. The summed E-state index contributed by atoms with van der Waals surface area (Å²) in [7, 11) is 0. The molecule has 0 radical (unpaired) electrons. The molecular weight excluding hydrogens is 351 g/mol. The van der Waals surface area contributed by atoms with E-state index in [0.29, 0.717) is 10.0 Å². The summed E-state index contributed by atoms with van der Waals surface area (Å²) in [6, 6.07) is 11.9. The van der Waals surface area contributed by atoms with E-state index in [1.54, 1.807) is 12.1 Å². The molecule has 0 aliphatic carbocycles. The molecule has 1 unspecified atom stereocenters. The summed E-state index contributed by atoms with van der Waals surface area (Å²) in [6.45, 7) is 0.